The molecule has 0 N–H and O–H groups in total. The number of thiophene rings is 1. The third-order valence-electron chi connectivity index (χ3n) is 19.2. The second-order valence-electron chi connectivity index (χ2n) is 28.4. The summed E-state index contributed by atoms with van der Waals surface area (Å²) in [6.07, 6.45) is 2.30. The average molecular weight is 1100 g/mol. The summed E-state index contributed by atoms with van der Waals surface area (Å²) in [5, 5.41) is 6.87. The molecule has 0 unspecified atom stereocenters. The molecular formula is C76H76BN3SSi. The molecule has 6 heteroatoms. The molecule has 3 aliphatic heterocycles. The average Bonchev–Trinajstić information content (AvgIpc) is 2.57. The molecule has 1 aliphatic carbocycles. The Morgan fingerprint density at radius 3 is 1.37 bits per heavy atom. The van der Waals surface area contributed by atoms with E-state index in [1.165, 1.54) is 120 Å². The van der Waals surface area contributed by atoms with E-state index in [9.17, 15) is 0 Å². The van der Waals surface area contributed by atoms with E-state index in [0.29, 0.717) is 0 Å². The van der Waals surface area contributed by atoms with Gasteiger partial charge in [-0.2, -0.15) is 0 Å². The van der Waals surface area contributed by atoms with Crippen molar-refractivity contribution in [3.63, 3.8) is 0 Å². The molecule has 0 spiro atoms. The van der Waals surface area contributed by atoms with Gasteiger partial charge in [-0.1, -0.05) is 223 Å². The fraction of sp³-hybridized carbons (Fsp3) is 0.263. The molecule has 10 aromatic rings. The minimum atomic E-state index is -2.91. The molecule has 0 atom stereocenters. The van der Waals surface area contributed by atoms with Gasteiger partial charge in [0.2, 0.25) is 0 Å². The molecule has 4 aliphatic rings. The van der Waals surface area contributed by atoms with E-state index in [2.05, 4.69) is 305 Å². The molecule has 0 amide bonds. The molecule has 3 nitrogen and oxygen atoms in total. The molecule has 408 valence electrons. The molecule has 1 aromatic heterocycles. The van der Waals surface area contributed by atoms with Crippen molar-refractivity contribution in [2.24, 2.45) is 0 Å². The first-order valence-corrected chi connectivity index (χ1v) is 32.7. The van der Waals surface area contributed by atoms with Crippen molar-refractivity contribution < 1.29 is 0 Å². The Morgan fingerprint density at radius 2 is 0.854 bits per heavy atom. The van der Waals surface area contributed by atoms with Gasteiger partial charge in [0, 0.05) is 54.7 Å². The van der Waals surface area contributed by atoms with Crippen molar-refractivity contribution in [3.8, 4) is 0 Å². The summed E-state index contributed by atoms with van der Waals surface area (Å²) in [4.78, 5) is 8.02. The summed E-state index contributed by atoms with van der Waals surface area (Å²) in [6.45, 7) is 31.0. The third-order valence-corrected chi connectivity index (χ3v) is 25.3. The zero-order chi connectivity index (χ0) is 57.0. The lowest BCUT2D eigenvalue weighted by molar-refractivity contribution is 0.332. The van der Waals surface area contributed by atoms with Gasteiger partial charge < -0.3 is 14.7 Å². The van der Waals surface area contributed by atoms with Crippen LogP contribution < -0.4 is 51.1 Å². The van der Waals surface area contributed by atoms with Crippen LogP contribution in [0.25, 0.3) is 10.1 Å². The first-order valence-electron chi connectivity index (χ1n) is 29.9. The van der Waals surface area contributed by atoms with Gasteiger partial charge >= 0.3 is 0 Å². The molecule has 4 heterocycles. The van der Waals surface area contributed by atoms with Gasteiger partial charge in [-0.15, -0.1) is 11.3 Å². The van der Waals surface area contributed by atoms with Crippen LogP contribution in [0.3, 0.4) is 0 Å². The number of nitrogens with zero attached hydrogens (tertiary/aromatic N) is 3. The highest BCUT2D eigenvalue weighted by atomic mass is 32.1. The Kier molecular flexibility index (Phi) is 11.8. The lowest BCUT2D eigenvalue weighted by atomic mass is 9.35. The summed E-state index contributed by atoms with van der Waals surface area (Å²) in [5.74, 6) is 0. The zero-order valence-electron chi connectivity index (χ0n) is 50.3. The van der Waals surface area contributed by atoms with E-state index >= 15 is 0 Å². The quantitative estimate of drug-likeness (QED) is 0.159. The molecule has 0 saturated heterocycles. The van der Waals surface area contributed by atoms with Crippen LogP contribution in [0.4, 0.5) is 51.2 Å². The van der Waals surface area contributed by atoms with Gasteiger partial charge in [0.15, 0.2) is 8.07 Å². The molecule has 0 radical (unpaired) electrons. The summed E-state index contributed by atoms with van der Waals surface area (Å²) in [6, 6.07) is 78.7. The van der Waals surface area contributed by atoms with Gasteiger partial charge in [-0.05, 0) is 166 Å². The van der Waals surface area contributed by atoms with Crippen molar-refractivity contribution in [1.29, 1.82) is 0 Å². The van der Waals surface area contributed by atoms with Crippen molar-refractivity contribution in [1.82, 2.24) is 0 Å². The fourth-order valence-electron chi connectivity index (χ4n) is 14.6. The first-order chi connectivity index (χ1) is 39.1. The standard InChI is InChI=1S/C76H76BN3SSi/c1-72(2,3)49-32-37-52(38-33-49)78-63-48-59-58(75(10,11)42-43-76(59,12)13)47-60(63)77-69-64(78)45-54(46-65(69)80(53-39-34-50(35-40-53)73(4,5)6)70-57-44-51(74(7,8)9)36-41-66(57)81-71(70)77)79-61-28-20-22-30-67(61)82(55-24-16-14-17-25-55,56-26-18-15-19-27-56)68-31-23-21-29-62(68)79/h14-41,44-48H,42-43H2,1-13H3. The number of anilines is 9. The Labute approximate surface area is 493 Å². The highest BCUT2D eigenvalue weighted by Crippen LogP contribution is 2.54. The number of fused-ring (bicyclic) bond motifs is 9. The normalized spacial score (nSPS) is 16.5. The molecule has 0 saturated carbocycles. The number of rotatable bonds is 5. The van der Waals surface area contributed by atoms with Crippen LogP contribution in [-0.4, -0.2) is 14.8 Å². The maximum atomic E-state index is 2.70. The Hall–Kier alpha value is -7.38. The minimum absolute atomic E-state index is 0.00123. The minimum Gasteiger partial charge on any atom is -0.311 e. The Bertz CT molecular complexity index is 4080. The highest BCUT2D eigenvalue weighted by Gasteiger charge is 2.51. The second-order valence-corrected chi connectivity index (χ2v) is 33.3. The number of hydrogen-bond donors (Lipinski definition) is 0. The van der Waals surface area contributed by atoms with Crippen molar-refractivity contribution in [2.45, 2.75) is 130 Å². The Morgan fingerprint density at radius 1 is 0.415 bits per heavy atom. The second kappa shape index (κ2) is 18.3. The van der Waals surface area contributed by atoms with E-state index in [1.807, 2.05) is 11.3 Å². The van der Waals surface area contributed by atoms with Crippen LogP contribution in [0.1, 0.15) is 131 Å². The van der Waals surface area contributed by atoms with E-state index in [1.54, 1.807) is 0 Å². The van der Waals surface area contributed by atoms with E-state index in [0.717, 1.165) is 18.5 Å². The molecule has 14 rings (SSSR count). The summed E-state index contributed by atoms with van der Waals surface area (Å²) in [7, 11) is -2.91. The highest BCUT2D eigenvalue weighted by molar-refractivity contribution is 7.33. The van der Waals surface area contributed by atoms with E-state index in [-0.39, 0.29) is 33.8 Å². The number of para-hydroxylation sites is 2. The number of hydrogen-bond acceptors (Lipinski definition) is 4. The van der Waals surface area contributed by atoms with E-state index < -0.39 is 8.07 Å². The first kappa shape index (κ1) is 52.7. The Balaban J connectivity index is 1.14. The van der Waals surface area contributed by atoms with Gasteiger partial charge in [0.25, 0.3) is 6.71 Å². The lowest BCUT2D eigenvalue weighted by Crippen LogP contribution is -2.77. The molecule has 0 bridgehead atoms. The van der Waals surface area contributed by atoms with Crippen LogP contribution in [-0.2, 0) is 27.1 Å². The van der Waals surface area contributed by atoms with Crippen molar-refractivity contribution in [2.75, 3.05) is 14.7 Å². The largest absolute Gasteiger partial charge is 0.311 e. The molecule has 82 heavy (non-hydrogen) atoms. The van der Waals surface area contributed by atoms with Gasteiger partial charge in [-0.25, -0.2) is 0 Å². The van der Waals surface area contributed by atoms with Crippen molar-refractivity contribution in [3.05, 3.63) is 228 Å². The zero-order valence-corrected chi connectivity index (χ0v) is 52.1. The summed E-state index contributed by atoms with van der Waals surface area (Å²) >= 11 is 2.01. The number of benzene rings is 9. The maximum Gasteiger partial charge on any atom is 0.264 e. The summed E-state index contributed by atoms with van der Waals surface area (Å²) in [5.41, 5.74) is 20.7. The molecule has 9 aromatic carbocycles. The molecule has 0 fully saturated rings. The van der Waals surface area contributed by atoms with Gasteiger partial charge in [0.1, 0.15) is 0 Å². The van der Waals surface area contributed by atoms with Crippen LogP contribution in [0.5, 0.6) is 0 Å². The SMILES string of the molecule is CC(C)(C)c1ccc(N2c3cc4c(cc3B3c5sc6ccc(C(C)(C)C)cc6c5N(c5ccc(C(C)(C)C)cc5)c5cc(N6c7ccccc7[Si](c7ccccc7)(c7ccccc7)c7ccccc76)cc2c53)C(C)(C)CCC4(C)C)cc1. The summed E-state index contributed by atoms with van der Waals surface area (Å²) < 4.78 is 2.74. The smallest absolute Gasteiger partial charge is 0.264 e. The van der Waals surface area contributed by atoms with Crippen LogP contribution in [0.2, 0.25) is 0 Å². The topological polar surface area (TPSA) is 9.72 Å². The van der Waals surface area contributed by atoms with Crippen LogP contribution >= 0.6 is 11.3 Å². The predicted octanol–water partition coefficient (Wildman–Crippen LogP) is 16.4. The monoisotopic (exact) mass is 1100 g/mol. The van der Waals surface area contributed by atoms with Crippen molar-refractivity contribution >= 4 is 124 Å². The van der Waals surface area contributed by atoms with E-state index in [4.69, 9.17) is 0 Å². The van der Waals surface area contributed by atoms with Crippen LogP contribution in [0, 0.1) is 0 Å². The molecular weight excluding hydrogens is 1030 g/mol. The lowest BCUT2D eigenvalue weighted by Gasteiger charge is -2.48. The third kappa shape index (κ3) is 7.94. The van der Waals surface area contributed by atoms with Gasteiger partial charge in [0.05, 0.1) is 11.4 Å². The fourth-order valence-corrected chi connectivity index (χ4v) is 21.0. The maximum absolute atomic E-state index is 2.91. The predicted molar refractivity (Wildman–Crippen MR) is 359 cm³/mol. The van der Waals surface area contributed by atoms with Gasteiger partial charge in [-0.3, -0.25) is 0 Å². The van der Waals surface area contributed by atoms with Crippen LogP contribution in [0.15, 0.2) is 200 Å².